The smallest absolute Gasteiger partial charge is 0.0349 e. The average Bonchev–Trinajstić information content (AvgIpc) is 3.28. The highest BCUT2D eigenvalue weighted by atomic mass is 14.6. The molecule has 0 aromatic heterocycles. The summed E-state index contributed by atoms with van der Waals surface area (Å²) in [7, 11) is 0. The number of hydrogen-bond donors (Lipinski definition) is 0. The monoisotopic (exact) mass is 300 g/mol. The average molecular weight is 301 g/mol. The molecular weight excluding hydrogens is 264 g/mol. The van der Waals surface area contributed by atoms with Crippen LogP contribution in [0, 0.1) is 47.3 Å². The van der Waals surface area contributed by atoms with Crippen LogP contribution in [-0.4, -0.2) is 0 Å². The second kappa shape index (κ2) is 5.82. The summed E-state index contributed by atoms with van der Waals surface area (Å²) in [6, 6.07) is 0. The Balaban J connectivity index is 1.26. The molecule has 0 heteroatoms. The van der Waals surface area contributed by atoms with E-state index in [1.165, 1.54) is 42.4 Å². The molecule has 0 aromatic carbocycles. The lowest BCUT2D eigenvalue weighted by Crippen LogP contribution is -2.30. The van der Waals surface area contributed by atoms with Crippen molar-refractivity contribution in [2.45, 2.75) is 89.9 Å². The van der Waals surface area contributed by atoms with E-state index < -0.39 is 0 Å². The fourth-order valence-corrected chi connectivity index (χ4v) is 8.26. The number of rotatable bonds is 2. The Bertz CT molecular complexity index is 387. The van der Waals surface area contributed by atoms with Crippen molar-refractivity contribution < 1.29 is 0 Å². The van der Waals surface area contributed by atoms with Gasteiger partial charge in [0.1, 0.15) is 0 Å². The Labute approximate surface area is 137 Å². The van der Waals surface area contributed by atoms with Crippen LogP contribution in [0.1, 0.15) is 89.9 Å². The summed E-state index contributed by atoms with van der Waals surface area (Å²) in [6.45, 7) is 0. The normalized spacial score (nSPS) is 49.6. The van der Waals surface area contributed by atoms with Crippen molar-refractivity contribution in [1.29, 1.82) is 0 Å². The van der Waals surface area contributed by atoms with Gasteiger partial charge in [-0.25, -0.2) is 0 Å². The molecule has 5 fully saturated rings. The molecule has 124 valence electrons. The molecule has 6 unspecified atom stereocenters. The highest BCUT2D eigenvalue weighted by Gasteiger charge is 2.57. The minimum Gasteiger partial charge on any atom is -0.0533 e. The predicted molar refractivity (Wildman–Crippen MR) is 92.6 cm³/mol. The molecule has 0 aliphatic heterocycles. The maximum absolute atomic E-state index is 1.67. The molecule has 5 rings (SSSR count). The van der Waals surface area contributed by atoms with Crippen LogP contribution < -0.4 is 0 Å². The Morgan fingerprint density at radius 3 is 1.45 bits per heavy atom. The lowest BCUT2D eigenvalue weighted by Gasteiger charge is -2.38. The zero-order chi connectivity index (χ0) is 14.5. The summed E-state index contributed by atoms with van der Waals surface area (Å²) < 4.78 is 0. The van der Waals surface area contributed by atoms with Crippen LogP contribution >= 0.6 is 0 Å². The van der Waals surface area contributed by atoms with Gasteiger partial charge in [-0.15, -0.1) is 0 Å². The summed E-state index contributed by atoms with van der Waals surface area (Å²) in [5.74, 6) is 9.38. The Morgan fingerprint density at radius 2 is 0.773 bits per heavy atom. The fraction of sp³-hybridized carbons (Fsp3) is 1.00. The quantitative estimate of drug-likeness (QED) is 0.550. The molecule has 5 aliphatic rings. The van der Waals surface area contributed by atoms with Crippen LogP contribution in [0.3, 0.4) is 0 Å². The molecule has 5 saturated carbocycles. The first-order valence-corrected chi connectivity index (χ1v) is 10.9. The molecule has 0 N–H and O–H groups in total. The summed E-state index contributed by atoms with van der Waals surface area (Å²) in [4.78, 5) is 0. The van der Waals surface area contributed by atoms with Crippen LogP contribution in [0.5, 0.6) is 0 Å². The van der Waals surface area contributed by atoms with Gasteiger partial charge in [0, 0.05) is 0 Å². The van der Waals surface area contributed by atoms with Gasteiger partial charge in [0.05, 0.1) is 0 Å². The van der Waals surface area contributed by atoms with Gasteiger partial charge in [-0.3, -0.25) is 0 Å². The van der Waals surface area contributed by atoms with E-state index in [4.69, 9.17) is 0 Å². The van der Waals surface area contributed by atoms with E-state index in [0.717, 1.165) is 17.8 Å². The van der Waals surface area contributed by atoms with E-state index in [2.05, 4.69) is 0 Å². The van der Waals surface area contributed by atoms with Crippen molar-refractivity contribution in [3.63, 3.8) is 0 Å². The van der Waals surface area contributed by atoms with Crippen molar-refractivity contribution in [1.82, 2.24) is 0 Å². The van der Waals surface area contributed by atoms with E-state index in [1.807, 2.05) is 0 Å². The minimum atomic E-state index is 1.15. The van der Waals surface area contributed by atoms with Crippen molar-refractivity contribution in [3.8, 4) is 0 Å². The van der Waals surface area contributed by atoms with Crippen LogP contribution in [0.25, 0.3) is 0 Å². The van der Waals surface area contributed by atoms with Gasteiger partial charge < -0.3 is 0 Å². The molecule has 0 aromatic rings. The third-order valence-electron chi connectivity index (χ3n) is 9.13. The van der Waals surface area contributed by atoms with Crippen molar-refractivity contribution in [2.75, 3.05) is 0 Å². The molecule has 0 saturated heterocycles. The first-order valence-electron chi connectivity index (χ1n) is 10.9. The molecule has 0 radical (unpaired) electrons. The third kappa shape index (κ3) is 2.30. The predicted octanol–water partition coefficient (Wildman–Crippen LogP) is 6.45. The molecule has 22 heavy (non-hydrogen) atoms. The summed E-state index contributed by atoms with van der Waals surface area (Å²) in [6.07, 6.45) is 22.3. The summed E-state index contributed by atoms with van der Waals surface area (Å²) in [5.41, 5.74) is 0. The molecule has 0 nitrogen and oxygen atoms in total. The van der Waals surface area contributed by atoms with Gasteiger partial charge in [0.25, 0.3) is 0 Å². The molecule has 0 spiro atoms. The molecule has 0 amide bonds. The highest BCUT2D eigenvalue weighted by Crippen LogP contribution is 2.65. The largest absolute Gasteiger partial charge is 0.0533 e. The van der Waals surface area contributed by atoms with Crippen molar-refractivity contribution >= 4 is 0 Å². The van der Waals surface area contributed by atoms with Gasteiger partial charge in [-0.2, -0.15) is 0 Å². The van der Waals surface area contributed by atoms with Crippen LogP contribution in [0.4, 0.5) is 0 Å². The Hall–Kier alpha value is 0. The first kappa shape index (κ1) is 14.4. The van der Waals surface area contributed by atoms with E-state index in [1.54, 1.807) is 77.0 Å². The maximum Gasteiger partial charge on any atom is -0.0349 e. The summed E-state index contributed by atoms with van der Waals surface area (Å²) >= 11 is 0. The second-order valence-electron chi connectivity index (χ2n) is 9.91. The van der Waals surface area contributed by atoms with Gasteiger partial charge in [-0.1, -0.05) is 64.2 Å². The minimum absolute atomic E-state index is 1.15. The molecule has 2 bridgehead atoms. The SMILES string of the molecule is C1CCC(C2CC3C4CC(C5CCCCC5)C(C4)C3C2)CC1. The van der Waals surface area contributed by atoms with E-state index in [0.29, 0.717) is 0 Å². The van der Waals surface area contributed by atoms with Crippen LogP contribution in [-0.2, 0) is 0 Å². The lowest BCUT2D eigenvalue weighted by atomic mass is 9.67. The van der Waals surface area contributed by atoms with Crippen molar-refractivity contribution in [3.05, 3.63) is 0 Å². The van der Waals surface area contributed by atoms with Gasteiger partial charge in [-0.05, 0) is 73.0 Å². The van der Waals surface area contributed by atoms with Crippen molar-refractivity contribution in [2.24, 2.45) is 47.3 Å². The van der Waals surface area contributed by atoms with E-state index in [-0.39, 0.29) is 0 Å². The zero-order valence-electron chi connectivity index (χ0n) is 14.5. The van der Waals surface area contributed by atoms with E-state index in [9.17, 15) is 0 Å². The highest BCUT2D eigenvalue weighted by molar-refractivity contribution is 5.06. The molecular formula is C22H36. The number of fused-ring (bicyclic) bond motifs is 5. The summed E-state index contributed by atoms with van der Waals surface area (Å²) in [5, 5.41) is 0. The van der Waals surface area contributed by atoms with Crippen LogP contribution in [0.15, 0.2) is 0 Å². The number of hydrogen-bond acceptors (Lipinski definition) is 0. The first-order chi connectivity index (χ1) is 10.9. The van der Waals surface area contributed by atoms with Crippen LogP contribution in [0.2, 0.25) is 0 Å². The maximum atomic E-state index is 1.67. The molecule has 0 heterocycles. The topological polar surface area (TPSA) is 0 Å². The zero-order valence-corrected chi connectivity index (χ0v) is 14.5. The standard InChI is InChI=1S/C22H36/c1-3-7-15(8-4-1)17-11-20-18-13-19(16-9-5-2-6-10-16)22(14-18)21(20)12-17/h15-22H,1-14H2. The fourth-order valence-electron chi connectivity index (χ4n) is 8.26. The van der Waals surface area contributed by atoms with Gasteiger partial charge in [0.15, 0.2) is 0 Å². The Morgan fingerprint density at radius 1 is 0.318 bits per heavy atom. The Kier molecular flexibility index (Phi) is 3.79. The van der Waals surface area contributed by atoms with E-state index >= 15 is 0 Å². The third-order valence-corrected chi connectivity index (χ3v) is 9.13. The lowest BCUT2D eigenvalue weighted by molar-refractivity contribution is 0.113. The molecule has 5 aliphatic carbocycles. The second-order valence-corrected chi connectivity index (χ2v) is 9.91. The van der Waals surface area contributed by atoms with Gasteiger partial charge in [0.2, 0.25) is 0 Å². The molecule has 6 atom stereocenters. The van der Waals surface area contributed by atoms with Gasteiger partial charge >= 0.3 is 0 Å².